The molecule has 2 aromatic rings. The van der Waals surface area contributed by atoms with Crippen molar-refractivity contribution in [3.05, 3.63) is 29.5 Å². The van der Waals surface area contributed by atoms with Gasteiger partial charge in [-0.15, -0.1) is 0 Å². The van der Waals surface area contributed by atoms with E-state index < -0.39 is 0 Å². The van der Waals surface area contributed by atoms with E-state index in [1.54, 1.807) is 0 Å². The van der Waals surface area contributed by atoms with Crippen molar-refractivity contribution < 1.29 is 4.79 Å². The maximum atomic E-state index is 11.6. The molecule has 0 fully saturated rings. The van der Waals surface area contributed by atoms with Crippen LogP contribution in [0.2, 0.25) is 0 Å². The third-order valence-electron chi connectivity index (χ3n) is 2.73. The Morgan fingerprint density at radius 2 is 2.20 bits per heavy atom. The third kappa shape index (κ3) is 1.40. The zero-order chi connectivity index (χ0) is 11.0. The fourth-order valence-corrected chi connectivity index (χ4v) is 1.83. The number of nitrogens with one attached hydrogen (secondary N) is 1. The first-order valence-corrected chi connectivity index (χ1v) is 5.05. The summed E-state index contributed by atoms with van der Waals surface area (Å²) >= 11 is 0. The van der Waals surface area contributed by atoms with Gasteiger partial charge in [0.25, 0.3) is 0 Å². The van der Waals surface area contributed by atoms with Gasteiger partial charge in [-0.25, -0.2) is 0 Å². The second-order valence-corrected chi connectivity index (χ2v) is 3.67. The van der Waals surface area contributed by atoms with Crippen LogP contribution in [0.3, 0.4) is 0 Å². The highest BCUT2D eigenvalue weighted by Crippen LogP contribution is 2.26. The van der Waals surface area contributed by atoms with Gasteiger partial charge in [0, 0.05) is 11.8 Å². The number of benzene rings is 1. The number of nitrogens with two attached hydrogens (primary N) is 1. The minimum atomic E-state index is 0.128. The topological polar surface area (TPSA) is 58.9 Å². The zero-order valence-corrected chi connectivity index (χ0v) is 8.92. The Morgan fingerprint density at radius 3 is 2.80 bits per heavy atom. The summed E-state index contributed by atoms with van der Waals surface area (Å²) in [6.07, 6.45) is 0.508. The lowest BCUT2D eigenvalue weighted by molar-refractivity contribution is 0.0983. The minimum Gasteiger partial charge on any atom is -0.397 e. The first kappa shape index (κ1) is 9.77. The first-order valence-electron chi connectivity index (χ1n) is 5.05. The van der Waals surface area contributed by atoms with Crippen LogP contribution < -0.4 is 5.73 Å². The summed E-state index contributed by atoms with van der Waals surface area (Å²) in [4.78, 5) is 14.8. The second kappa shape index (κ2) is 3.42. The molecule has 78 valence electrons. The summed E-state index contributed by atoms with van der Waals surface area (Å²) in [5.41, 5.74) is 9.07. The van der Waals surface area contributed by atoms with Crippen molar-refractivity contribution in [2.45, 2.75) is 20.3 Å². The number of carbonyl (C=O) groups excluding carboxylic acids is 1. The normalized spacial score (nSPS) is 10.8. The van der Waals surface area contributed by atoms with Crippen molar-refractivity contribution in [2.75, 3.05) is 5.73 Å². The number of aromatic amines is 1. The van der Waals surface area contributed by atoms with E-state index in [1.807, 2.05) is 32.0 Å². The molecule has 15 heavy (non-hydrogen) atoms. The number of para-hydroxylation sites is 1. The molecule has 3 N–H and O–H groups in total. The lowest BCUT2D eigenvalue weighted by atomic mass is 10.1. The van der Waals surface area contributed by atoms with Crippen LogP contribution in [-0.2, 0) is 0 Å². The predicted octanol–water partition coefficient (Wildman–Crippen LogP) is 2.65. The van der Waals surface area contributed by atoms with E-state index >= 15 is 0 Å². The molecular weight excluding hydrogens is 188 g/mol. The van der Waals surface area contributed by atoms with Crippen molar-refractivity contribution >= 4 is 22.4 Å². The van der Waals surface area contributed by atoms with Gasteiger partial charge in [-0.1, -0.05) is 19.1 Å². The fraction of sp³-hybridized carbons (Fsp3) is 0.250. The quantitative estimate of drug-likeness (QED) is 0.581. The summed E-state index contributed by atoms with van der Waals surface area (Å²) in [7, 11) is 0. The van der Waals surface area contributed by atoms with Gasteiger partial charge in [0.2, 0.25) is 0 Å². The van der Waals surface area contributed by atoms with Gasteiger partial charge in [0.15, 0.2) is 5.78 Å². The molecule has 0 bridgehead atoms. The summed E-state index contributed by atoms with van der Waals surface area (Å²) in [6.45, 7) is 3.80. The van der Waals surface area contributed by atoms with Crippen molar-refractivity contribution in [3.63, 3.8) is 0 Å². The molecular formula is C12H14N2O. The number of anilines is 1. The second-order valence-electron chi connectivity index (χ2n) is 3.67. The number of hydrogen-bond donors (Lipinski definition) is 2. The van der Waals surface area contributed by atoms with Gasteiger partial charge in [-0.05, 0) is 18.6 Å². The van der Waals surface area contributed by atoms with E-state index in [2.05, 4.69) is 4.98 Å². The van der Waals surface area contributed by atoms with E-state index in [4.69, 9.17) is 5.73 Å². The number of hydrogen-bond acceptors (Lipinski definition) is 2. The van der Waals surface area contributed by atoms with Gasteiger partial charge in [0.1, 0.15) is 0 Å². The maximum absolute atomic E-state index is 11.6. The summed E-state index contributed by atoms with van der Waals surface area (Å²) in [5, 5.41) is 1.03. The smallest absolute Gasteiger partial charge is 0.179 e. The molecule has 0 unspecified atom stereocenters. The number of aromatic nitrogens is 1. The zero-order valence-electron chi connectivity index (χ0n) is 8.92. The SMILES string of the molecule is CCC(=O)c1[nH]c2c(N)cccc2c1C. The molecule has 0 amide bonds. The van der Waals surface area contributed by atoms with Crippen LogP contribution in [0.1, 0.15) is 29.4 Å². The Labute approximate surface area is 88.3 Å². The molecule has 0 spiro atoms. The molecule has 0 aliphatic heterocycles. The molecule has 0 aliphatic rings. The van der Waals surface area contributed by atoms with Gasteiger partial charge in [-0.2, -0.15) is 0 Å². The molecule has 0 saturated carbocycles. The van der Waals surface area contributed by atoms with Crippen molar-refractivity contribution in [2.24, 2.45) is 0 Å². The first-order chi connectivity index (χ1) is 7.15. The largest absolute Gasteiger partial charge is 0.397 e. The third-order valence-corrected chi connectivity index (χ3v) is 2.73. The fourth-order valence-electron chi connectivity index (χ4n) is 1.83. The molecule has 2 rings (SSSR count). The van der Waals surface area contributed by atoms with Crippen molar-refractivity contribution in [3.8, 4) is 0 Å². The molecule has 0 radical (unpaired) electrons. The van der Waals surface area contributed by atoms with Crippen LogP contribution in [0.4, 0.5) is 5.69 Å². The Hall–Kier alpha value is -1.77. The van der Waals surface area contributed by atoms with Crippen LogP contribution in [0, 0.1) is 6.92 Å². The molecule has 0 atom stereocenters. The molecule has 3 heteroatoms. The van der Waals surface area contributed by atoms with Gasteiger partial charge < -0.3 is 10.7 Å². The van der Waals surface area contributed by atoms with Crippen LogP contribution >= 0.6 is 0 Å². The Bertz CT molecular complexity index is 526. The van der Waals surface area contributed by atoms with E-state index in [0.717, 1.165) is 16.5 Å². The lowest BCUT2D eigenvalue weighted by Gasteiger charge is -1.94. The van der Waals surface area contributed by atoms with Crippen molar-refractivity contribution in [1.29, 1.82) is 0 Å². The van der Waals surface area contributed by atoms with Gasteiger partial charge in [-0.3, -0.25) is 4.79 Å². The average Bonchev–Trinajstić information content (AvgIpc) is 2.57. The van der Waals surface area contributed by atoms with Crippen LogP contribution in [0.5, 0.6) is 0 Å². The van der Waals surface area contributed by atoms with E-state index in [-0.39, 0.29) is 5.78 Å². The molecule has 0 saturated heterocycles. The number of H-pyrrole nitrogens is 1. The summed E-state index contributed by atoms with van der Waals surface area (Å²) in [6, 6.07) is 5.71. The Kier molecular flexibility index (Phi) is 2.23. The molecule has 3 nitrogen and oxygen atoms in total. The minimum absolute atomic E-state index is 0.128. The number of aryl methyl sites for hydroxylation is 1. The number of carbonyl (C=O) groups is 1. The average molecular weight is 202 g/mol. The van der Waals surface area contributed by atoms with Crippen molar-refractivity contribution in [1.82, 2.24) is 4.98 Å². The molecule has 1 aromatic heterocycles. The number of Topliss-reactive ketones (excluding diaryl/α,β-unsaturated/α-hetero) is 1. The highest BCUT2D eigenvalue weighted by Gasteiger charge is 2.13. The predicted molar refractivity (Wildman–Crippen MR) is 62.1 cm³/mol. The molecule has 1 heterocycles. The summed E-state index contributed by atoms with van der Waals surface area (Å²) < 4.78 is 0. The Balaban J connectivity index is 2.75. The molecule has 0 aliphatic carbocycles. The monoisotopic (exact) mass is 202 g/mol. The van der Waals surface area contributed by atoms with Crippen LogP contribution in [0.15, 0.2) is 18.2 Å². The maximum Gasteiger partial charge on any atom is 0.179 e. The number of ketones is 1. The molecule has 1 aromatic carbocycles. The van der Waals surface area contributed by atoms with Crippen LogP contribution in [-0.4, -0.2) is 10.8 Å². The van der Waals surface area contributed by atoms with E-state index in [9.17, 15) is 4.79 Å². The van der Waals surface area contributed by atoms with Gasteiger partial charge in [0.05, 0.1) is 16.9 Å². The Morgan fingerprint density at radius 1 is 1.47 bits per heavy atom. The summed E-state index contributed by atoms with van der Waals surface area (Å²) in [5.74, 6) is 0.128. The highest BCUT2D eigenvalue weighted by molar-refractivity contribution is 6.04. The van der Waals surface area contributed by atoms with E-state index in [1.165, 1.54) is 0 Å². The number of rotatable bonds is 2. The number of nitrogen functional groups attached to an aromatic ring is 1. The van der Waals surface area contributed by atoms with Crippen LogP contribution in [0.25, 0.3) is 10.9 Å². The van der Waals surface area contributed by atoms with Gasteiger partial charge >= 0.3 is 0 Å². The van der Waals surface area contributed by atoms with E-state index in [0.29, 0.717) is 17.8 Å². The number of fused-ring (bicyclic) bond motifs is 1. The lowest BCUT2D eigenvalue weighted by Crippen LogP contribution is -1.98. The standard InChI is InChI=1S/C12H14N2O/c1-3-10(15)11-7(2)8-5-4-6-9(13)12(8)14-11/h4-6,14H,3,13H2,1-2H3. The highest BCUT2D eigenvalue weighted by atomic mass is 16.1.